The average molecular weight is 460 g/mol. The molecule has 1 aliphatic rings. The molecule has 2 aromatic carbocycles. The Bertz CT molecular complexity index is 767. The van der Waals surface area contributed by atoms with E-state index in [1.807, 2.05) is 30.3 Å². The standard InChI is InChI=1S/C19H21BrCl2N2O2/c1-26-18-6-5-13(11-14(18)20)17(25)12-23-7-9-24(10-8-23)16-4-2-3-15(21)19(16)22/h2-6,11,17,25H,7-10,12H2,1H3. The van der Waals surface area contributed by atoms with E-state index in [1.165, 1.54) is 0 Å². The first kappa shape index (κ1) is 19.8. The van der Waals surface area contributed by atoms with Gasteiger partial charge in [0.15, 0.2) is 0 Å². The minimum absolute atomic E-state index is 0.543. The van der Waals surface area contributed by atoms with Gasteiger partial charge < -0.3 is 14.7 Å². The first-order valence-electron chi connectivity index (χ1n) is 8.42. The molecule has 1 atom stereocenters. The van der Waals surface area contributed by atoms with Crippen LogP contribution in [0.1, 0.15) is 11.7 Å². The highest BCUT2D eigenvalue weighted by molar-refractivity contribution is 9.10. The number of piperazine rings is 1. The number of rotatable bonds is 5. The van der Waals surface area contributed by atoms with Gasteiger partial charge in [-0.3, -0.25) is 4.90 Å². The summed E-state index contributed by atoms with van der Waals surface area (Å²) < 4.78 is 6.08. The number of hydrogen-bond acceptors (Lipinski definition) is 4. The van der Waals surface area contributed by atoms with Gasteiger partial charge in [-0.2, -0.15) is 0 Å². The van der Waals surface area contributed by atoms with E-state index in [0.29, 0.717) is 16.6 Å². The molecule has 1 N–H and O–H groups in total. The first-order chi connectivity index (χ1) is 12.5. The molecule has 0 aromatic heterocycles. The Morgan fingerprint density at radius 3 is 2.54 bits per heavy atom. The fourth-order valence-electron chi connectivity index (χ4n) is 3.15. The normalized spacial score (nSPS) is 16.6. The van der Waals surface area contributed by atoms with Crippen molar-refractivity contribution in [2.75, 3.05) is 44.7 Å². The number of ether oxygens (including phenoxy) is 1. The van der Waals surface area contributed by atoms with Crippen molar-refractivity contribution in [3.63, 3.8) is 0 Å². The molecule has 7 heteroatoms. The molecule has 1 saturated heterocycles. The Kier molecular flexibility index (Phi) is 6.70. The summed E-state index contributed by atoms with van der Waals surface area (Å²) in [5, 5.41) is 11.7. The molecule has 1 aliphatic heterocycles. The van der Waals surface area contributed by atoms with Crippen LogP contribution in [-0.2, 0) is 0 Å². The fraction of sp³-hybridized carbons (Fsp3) is 0.368. The van der Waals surface area contributed by atoms with Gasteiger partial charge in [0.25, 0.3) is 0 Å². The third kappa shape index (κ3) is 4.46. The topological polar surface area (TPSA) is 35.9 Å². The lowest BCUT2D eigenvalue weighted by molar-refractivity contribution is 0.109. The molecule has 0 spiro atoms. The lowest BCUT2D eigenvalue weighted by Crippen LogP contribution is -2.47. The largest absolute Gasteiger partial charge is 0.496 e. The predicted octanol–water partition coefficient (Wildman–Crippen LogP) is 4.62. The highest BCUT2D eigenvalue weighted by atomic mass is 79.9. The van der Waals surface area contributed by atoms with Crippen molar-refractivity contribution >= 4 is 44.8 Å². The minimum atomic E-state index is -0.543. The van der Waals surface area contributed by atoms with E-state index in [-0.39, 0.29) is 0 Å². The van der Waals surface area contributed by atoms with E-state index in [9.17, 15) is 5.11 Å². The number of aliphatic hydroxyl groups excluding tert-OH is 1. The van der Waals surface area contributed by atoms with Crippen LogP contribution >= 0.6 is 39.1 Å². The van der Waals surface area contributed by atoms with Crippen LogP contribution in [0.3, 0.4) is 0 Å². The van der Waals surface area contributed by atoms with Crippen LogP contribution in [0, 0.1) is 0 Å². The maximum Gasteiger partial charge on any atom is 0.133 e. The summed E-state index contributed by atoms with van der Waals surface area (Å²) in [6.07, 6.45) is -0.543. The second-order valence-electron chi connectivity index (χ2n) is 6.27. The quantitative estimate of drug-likeness (QED) is 0.707. The van der Waals surface area contributed by atoms with Gasteiger partial charge in [-0.1, -0.05) is 35.3 Å². The van der Waals surface area contributed by atoms with Crippen molar-refractivity contribution < 1.29 is 9.84 Å². The number of aliphatic hydroxyl groups is 1. The van der Waals surface area contributed by atoms with Gasteiger partial charge in [-0.15, -0.1) is 0 Å². The van der Waals surface area contributed by atoms with Gasteiger partial charge in [-0.05, 0) is 45.8 Å². The monoisotopic (exact) mass is 458 g/mol. The lowest BCUT2D eigenvalue weighted by Gasteiger charge is -2.37. The highest BCUT2D eigenvalue weighted by Crippen LogP contribution is 2.33. The van der Waals surface area contributed by atoms with Crippen LogP contribution in [-0.4, -0.2) is 49.8 Å². The van der Waals surface area contributed by atoms with Crippen LogP contribution in [0.5, 0.6) is 5.75 Å². The zero-order valence-corrected chi connectivity index (χ0v) is 17.6. The zero-order chi connectivity index (χ0) is 18.7. The first-order valence-corrected chi connectivity index (χ1v) is 9.97. The molecular formula is C19H21BrCl2N2O2. The molecule has 4 nitrogen and oxygen atoms in total. The van der Waals surface area contributed by atoms with Crippen molar-refractivity contribution in [3.05, 3.63) is 56.5 Å². The van der Waals surface area contributed by atoms with Gasteiger partial charge in [0, 0.05) is 32.7 Å². The summed E-state index contributed by atoms with van der Waals surface area (Å²) in [4.78, 5) is 4.50. The van der Waals surface area contributed by atoms with Crippen molar-refractivity contribution in [1.29, 1.82) is 0 Å². The number of β-amino-alcohol motifs (C(OH)–C–C–N with tert-alkyl or cyclic N) is 1. The number of methoxy groups -OCH3 is 1. The van der Waals surface area contributed by atoms with Gasteiger partial charge >= 0.3 is 0 Å². The Morgan fingerprint density at radius 1 is 1.15 bits per heavy atom. The molecule has 3 rings (SSSR count). The summed E-state index contributed by atoms with van der Waals surface area (Å²) in [7, 11) is 1.63. The average Bonchev–Trinajstić information content (AvgIpc) is 2.64. The number of hydrogen-bond donors (Lipinski definition) is 1. The maximum atomic E-state index is 10.6. The SMILES string of the molecule is COc1ccc(C(O)CN2CCN(c3cccc(Cl)c3Cl)CC2)cc1Br. The van der Waals surface area contributed by atoms with Crippen LogP contribution in [0.25, 0.3) is 0 Å². The van der Waals surface area contributed by atoms with Gasteiger partial charge in [0.05, 0.1) is 33.4 Å². The van der Waals surface area contributed by atoms with Crippen molar-refractivity contribution in [3.8, 4) is 5.75 Å². The predicted molar refractivity (Wildman–Crippen MR) is 111 cm³/mol. The molecule has 140 valence electrons. The van der Waals surface area contributed by atoms with Crippen LogP contribution in [0.2, 0.25) is 10.0 Å². The van der Waals surface area contributed by atoms with Gasteiger partial charge in [0.2, 0.25) is 0 Å². The van der Waals surface area contributed by atoms with E-state index < -0.39 is 6.10 Å². The van der Waals surface area contributed by atoms with Crippen molar-refractivity contribution in [1.82, 2.24) is 4.90 Å². The Morgan fingerprint density at radius 2 is 1.88 bits per heavy atom. The second kappa shape index (κ2) is 8.81. The second-order valence-corrected chi connectivity index (χ2v) is 7.91. The zero-order valence-electron chi connectivity index (χ0n) is 14.5. The van der Waals surface area contributed by atoms with Crippen LogP contribution < -0.4 is 9.64 Å². The Hall–Kier alpha value is -0.980. The molecule has 0 amide bonds. The molecule has 0 bridgehead atoms. The summed E-state index contributed by atoms with van der Waals surface area (Å²) in [6, 6.07) is 11.4. The molecule has 2 aromatic rings. The molecule has 1 fully saturated rings. The summed E-state index contributed by atoms with van der Waals surface area (Å²) in [5.74, 6) is 0.757. The summed E-state index contributed by atoms with van der Waals surface area (Å²) >= 11 is 15.9. The van der Waals surface area contributed by atoms with E-state index in [1.54, 1.807) is 13.2 Å². The molecule has 26 heavy (non-hydrogen) atoms. The Balaban J connectivity index is 1.58. The smallest absolute Gasteiger partial charge is 0.133 e. The van der Waals surface area contributed by atoms with Crippen LogP contribution in [0.4, 0.5) is 5.69 Å². The molecule has 0 saturated carbocycles. The number of halogens is 3. The highest BCUT2D eigenvalue weighted by Gasteiger charge is 2.22. The van der Waals surface area contributed by atoms with E-state index in [4.69, 9.17) is 27.9 Å². The van der Waals surface area contributed by atoms with E-state index in [0.717, 1.165) is 47.7 Å². The maximum absolute atomic E-state index is 10.6. The number of benzene rings is 2. The van der Waals surface area contributed by atoms with E-state index >= 15 is 0 Å². The number of nitrogens with zero attached hydrogens (tertiary/aromatic N) is 2. The van der Waals surface area contributed by atoms with E-state index in [2.05, 4.69) is 25.7 Å². The molecule has 0 radical (unpaired) electrons. The van der Waals surface area contributed by atoms with Gasteiger partial charge in [-0.25, -0.2) is 0 Å². The van der Waals surface area contributed by atoms with Crippen LogP contribution in [0.15, 0.2) is 40.9 Å². The summed E-state index contributed by atoms with van der Waals surface area (Å²) in [5.41, 5.74) is 1.84. The lowest BCUT2D eigenvalue weighted by atomic mass is 10.1. The van der Waals surface area contributed by atoms with Crippen molar-refractivity contribution in [2.45, 2.75) is 6.10 Å². The third-order valence-electron chi connectivity index (χ3n) is 4.64. The minimum Gasteiger partial charge on any atom is -0.496 e. The molecule has 0 aliphatic carbocycles. The molecule has 1 heterocycles. The van der Waals surface area contributed by atoms with Crippen molar-refractivity contribution in [2.24, 2.45) is 0 Å². The fourth-order valence-corrected chi connectivity index (χ4v) is 4.12. The third-order valence-corrected chi connectivity index (χ3v) is 6.06. The molecular weight excluding hydrogens is 439 g/mol. The van der Waals surface area contributed by atoms with Gasteiger partial charge in [0.1, 0.15) is 5.75 Å². The number of anilines is 1. The summed E-state index contributed by atoms with van der Waals surface area (Å²) in [6.45, 7) is 4.00. The Labute approximate surface area is 172 Å². The molecule has 1 unspecified atom stereocenters.